The van der Waals surface area contributed by atoms with Crippen molar-refractivity contribution in [3.8, 4) is 5.75 Å². The number of halogens is 3. The molecule has 10 heteroatoms. The quantitative estimate of drug-likeness (QED) is 0.171. The van der Waals surface area contributed by atoms with Crippen LogP contribution in [0, 0.1) is 0 Å². The number of amides is 1. The minimum Gasteiger partial charge on any atom is -0.490 e. The second kappa shape index (κ2) is 11.9. The van der Waals surface area contributed by atoms with E-state index in [0.29, 0.717) is 43.9 Å². The lowest BCUT2D eigenvalue weighted by Crippen LogP contribution is -2.12. The van der Waals surface area contributed by atoms with Crippen LogP contribution in [0.4, 0.5) is 5.13 Å². The van der Waals surface area contributed by atoms with Crippen molar-refractivity contribution < 1.29 is 9.53 Å². The maximum Gasteiger partial charge on any atom is 0.257 e. The summed E-state index contributed by atoms with van der Waals surface area (Å²) >= 11 is 21.5. The van der Waals surface area contributed by atoms with Gasteiger partial charge in [0.15, 0.2) is 10.1 Å². The highest BCUT2D eigenvalue weighted by molar-refractivity contribution is 8.00. The number of carbonyl (C=O) groups excluding carboxylic acids is 1. The minimum absolute atomic E-state index is 0.294. The normalized spacial score (nSPS) is 10.8. The third kappa shape index (κ3) is 6.99. The van der Waals surface area contributed by atoms with E-state index in [0.717, 1.165) is 29.2 Å². The van der Waals surface area contributed by atoms with Gasteiger partial charge in [-0.25, -0.2) is 0 Å². The number of unbranched alkanes of at least 4 members (excludes halogenated alkanes) is 2. The number of carbonyl (C=O) groups is 1. The summed E-state index contributed by atoms with van der Waals surface area (Å²) in [6, 6.07) is 10.7. The molecule has 5 nitrogen and oxygen atoms in total. The predicted molar refractivity (Wildman–Crippen MR) is 130 cm³/mol. The van der Waals surface area contributed by atoms with Crippen molar-refractivity contribution in [1.82, 2.24) is 10.2 Å². The fraction of sp³-hybridized carbons (Fsp3) is 0.286. The van der Waals surface area contributed by atoms with E-state index in [1.54, 1.807) is 0 Å². The second-order valence-electron chi connectivity index (χ2n) is 6.53. The van der Waals surface area contributed by atoms with Gasteiger partial charge in [-0.1, -0.05) is 95.9 Å². The number of thioether (sulfide) groups is 1. The molecule has 0 atom stereocenters. The van der Waals surface area contributed by atoms with Gasteiger partial charge < -0.3 is 4.74 Å². The molecule has 0 radical (unpaired) electrons. The van der Waals surface area contributed by atoms with E-state index in [4.69, 9.17) is 39.5 Å². The molecule has 1 aromatic heterocycles. The topological polar surface area (TPSA) is 64.1 Å². The first-order valence-electron chi connectivity index (χ1n) is 9.60. The van der Waals surface area contributed by atoms with Gasteiger partial charge in [0, 0.05) is 16.3 Å². The van der Waals surface area contributed by atoms with E-state index in [1.165, 1.54) is 35.2 Å². The van der Waals surface area contributed by atoms with E-state index < -0.39 is 0 Å². The molecular weight excluding hydrogens is 497 g/mol. The highest BCUT2D eigenvalue weighted by Gasteiger charge is 2.16. The number of benzene rings is 2. The van der Waals surface area contributed by atoms with Crippen molar-refractivity contribution in [2.24, 2.45) is 0 Å². The zero-order chi connectivity index (χ0) is 22.2. The molecule has 1 N–H and O–H groups in total. The average molecular weight is 517 g/mol. The molecule has 1 heterocycles. The molecule has 0 aliphatic carbocycles. The van der Waals surface area contributed by atoms with Crippen LogP contribution in [0.25, 0.3) is 0 Å². The van der Waals surface area contributed by atoms with Gasteiger partial charge in [-0.3, -0.25) is 10.1 Å². The first-order valence-corrected chi connectivity index (χ1v) is 12.5. The lowest BCUT2D eigenvalue weighted by atomic mass is 10.2. The summed E-state index contributed by atoms with van der Waals surface area (Å²) < 4.78 is 6.39. The van der Waals surface area contributed by atoms with Gasteiger partial charge in [0.1, 0.15) is 0 Å². The molecule has 1 amide bonds. The molecular formula is C21H20Cl3N3O2S2. The Kier molecular flexibility index (Phi) is 9.29. The Morgan fingerprint density at radius 2 is 1.84 bits per heavy atom. The number of hydrogen-bond donors (Lipinski definition) is 1. The van der Waals surface area contributed by atoms with Crippen LogP contribution in [-0.4, -0.2) is 22.7 Å². The fourth-order valence-corrected chi connectivity index (χ4v) is 5.23. The van der Waals surface area contributed by atoms with Crippen LogP contribution in [-0.2, 0) is 5.75 Å². The van der Waals surface area contributed by atoms with Gasteiger partial charge in [0.25, 0.3) is 5.91 Å². The van der Waals surface area contributed by atoms with Crippen LogP contribution in [0.5, 0.6) is 5.75 Å². The zero-order valence-electron chi connectivity index (χ0n) is 16.7. The van der Waals surface area contributed by atoms with E-state index in [2.05, 4.69) is 22.4 Å². The first kappa shape index (κ1) is 24.1. The highest BCUT2D eigenvalue weighted by atomic mass is 35.5. The Bertz CT molecular complexity index is 1020. The van der Waals surface area contributed by atoms with Crippen molar-refractivity contribution in [2.75, 3.05) is 11.9 Å². The molecule has 0 saturated carbocycles. The van der Waals surface area contributed by atoms with E-state index in [-0.39, 0.29) is 5.91 Å². The molecule has 2 aromatic carbocycles. The Hall–Kier alpha value is -1.51. The summed E-state index contributed by atoms with van der Waals surface area (Å²) in [6.07, 6.45) is 3.07. The molecule has 0 unspecified atom stereocenters. The maximum absolute atomic E-state index is 12.6. The smallest absolute Gasteiger partial charge is 0.257 e. The third-order valence-corrected chi connectivity index (χ3v) is 7.14. The third-order valence-electron chi connectivity index (χ3n) is 4.19. The lowest BCUT2D eigenvalue weighted by molar-refractivity contribution is 0.102. The molecule has 164 valence electrons. The van der Waals surface area contributed by atoms with Crippen LogP contribution >= 0.6 is 57.9 Å². The number of rotatable bonds is 10. The van der Waals surface area contributed by atoms with Crippen LogP contribution in [0.15, 0.2) is 40.7 Å². The first-order chi connectivity index (χ1) is 15.0. The van der Waals surface area contributed by atoms with Gasteiger partial charge in [0.2, 0.25) is 5.13 Å². The van der Waals surface area contributed by atoms with Crippen molar-refractivity contribution in [1.29, 1.82) is 0 Å². The number of aromatic nitrogens is 2. The number of nitrogens with zero attached hydrogens (tertiary/aromatic N) is 2. The number of hydrogen-bond acceptors (Lipinski definition) is 6. The van der Waals surface area contributed by atoms with Crippen LogP contribution < -0.4 is 10.1 Å². The Morgan fingerprint density at radius 3 is 2.55 bits per heavy atom. The summed E-state index contributed by atoms with van der Waals surface area (Å²) in [6.45, 7) is 2.64. The average Bonchev–Trinajstić information content (AvgIpc) is 3.19. The van der Waals surface area contributed by atoms with Crippen molar-refractivity contribution in [3.05, 3.63) is 62.6 Å². The maximum atomic E-state index is 12.6. The Balaban J connectivity index is 1.59. The standard InChI is InChI=1S/C21H20Cl3N3O2S2/c1-2-3-6-9-29-18-16(23)10-14(11-17(18)24)19(28)25-20-26-27-21(31-20)30-12-13-7-4-5-8-15(13)22/h4-5,7-8,10-11H,2-3,6,9,12H2,1H3,(H,25,26,28). The molecule has 0 aliphatic rings. The molecule has 0 bridgehead atoms. The van der Waals surface area contributed by atoms with Gasteiger partial charge in [-0.15, -0.1) is 10.2 Å². The van der Waals surface area contributed by atoms with Gasteiger partial charge in [-0.2, -0.15) is 0 Å². The zero-order valence-corrected chi connectivity index (χ0v) is 20.6. The van der Waals surface area contributed by atoms with Crippen LogP contribution in [0.1, 0.15) is 42.1 Å². The summed E-state index contributed by atoms with van der Waals surface area (Å²) in [5.41, 5.74) is 1.33. The lowest BCUT2D eigenvalue weighted by Gasteiger charge is -2.11. The Morgan fingerprint density at radius 1 is 1.10 bits per heavy atom. The van der Waals surface area contributed by atoms with E-state index in [1.807, 2.05) is 24.3 Å². The predicted octanol–water partition coefficient (Wildman–Crippen LogP) is 7.61. The van der Waals surface area contributed by atoms with Crippen molar-refractivity contribution >= 4 is 68.9 Å². The molecule has 3 aromatic rings. The molecule has 31 heavy (non-hydrogen) atoms. The summed E-state index contributed by atoms with van der Waals surface area (Å²) in [4.78, 5) is 12.6. The van der Waals surface area contributed by atoms with Crippen LogP contribution in [0.2, 0.25) is 15.1 Å². The SMILES string of the molecule is CCCCCOc1c(Cl)cc(C(=O)Nc2nnc(SCc3ccccc3Cl)s2)cc1Cl. The molecule has 3 rings (SSSR count). The minimum atomic E-state index is -0.375. The summed E-state index contributed by atoms with van der Waals surface area (Å²) in [5.74, 6) is 0.679. The number of anilines is 1. The van der Waals surface area contributed by atoms with Crippen molar-refractivity contribution in [3.63, 3.8) is 0 Å². The van der Waals surface area contributed by atoms with Crippen molar-refractivity contribution in [2.45, 2.75) is 36.3 Å². The van der Waals surface area contributed by atoms with Gasteiger partial charge in [-0.05, 0) is 30.2 Å². The molecule has 0 spiro atoms. The fourth-order valence-electron chi connectivity index (χ4n) is 2.60. The Labute approximate surface area is 204 Å². The second-order valence-corrected chi connectivity index (χ2v) is 9.95. The summed E-state index contributed by atoms with van der Waals surface area (Å²) in [5, 5.41) is 12.6. The molecule has 0 aliphatic heterocycles. The van der Waals surface area contributed by atoms with E-state index in [9.17, 15) is 4.79 Å². The molecule has 0 fully saturated rings. The monoisotopic (exact) mass is 515 g/mol. The highest BCUT2D eigenvalue weighted by Crippen LogP contribution is 2.35. The van der Waals surface area contributed by atoms with Gasteiger partial charge in [0.05, 0.1) is 16.7 Å². The molecule has 0 saturated heterocycles. The van der Waals surface area contributed by atoms with Gasteiger partial charge >= 0.3 is 0 Å². The number of nitrogens with one attached hydrogen (secondary N) is 1. The summed E-state index contributed by atoms with van der Waals surface area (Å²) in [7, 11) is 0. The number of ether oxygens (including phenoxy) is 1. The largest absolute Gasteiger partial charge is 0.490 e. The van der Waals surface area contributed by atoms with E-state index >= 15 is 0 Å². The van der Waals surface area contributed by atoms with Crippen LogP contribution in [0.3, 0.4) is 0 Å².